The fourth-order valence-corrected chi connectivity index (χ4v) is 3.47. The molecule has 0 spiro atoms. The predicted molar refractivity (Wildman–Crippen MR) is 121 cm³/mol. The first-order valence-corrected chi connectivity index (χ1v) is 10.9. The predicted octanol–water partition coefficient (Wildman–Crippen LogP) is 4.29. The van der Waals surface area contributed by atoms with Crippen LogP contribution in [0.3, 0.4) is 0 Å². The third-order valence-corrected chi connectivity index (χ3v) is 5.08. The number of rotatable bonds is 8. The van der Waals surface area contributed by atoms with Gasteiger partial charge in [-0.25, -0.2) is 4.79 Å². The van der Waals surface area contributed by atoms with Gasteiger partial charge in [-0.3, -0.25) is 9.59 Å². The number of carbonyl (C=O) groups is 3. The van der Waals surface area contributed by atoms with Crippen LogP contribution >= 0.6 is 0 Å². The van der Waals surface area contributed by atoms with Crippen molar-refractivity contribution in [1.29, 1.82) is 0 Å². The van der Waals surface area contributed by atoms with E-state index < -0.39 is 11.7 Å². The van der Waals surface area contributed by atoms with Gasteiger partial charge < -0.3 is 20.7 Å². The third kappa shape index (κ3) is 9.68. The van der Waals surface area contributed by atoms with Gasteiger partial charge in [0.05, 0.1) is 0 Å². The second-order valence-corrected chi connectivity index (χ2v) is 9.01. The first-order valence-electron chi connectivity index (χ1n) is 10.9. The van der Waals surface area contributed by atoms with Crippen molar-refractivity contribution in [1.82, 2.24) is 10.6 Å². The van der Waals surface area contributed by atoms with Crippen LogP contribution in [0.15, 0.2) is 35.9 Å². The summed E-state index contributed by atoms with van der Waals surface area (Å²) in [6, 6.07) is 7.31. The van der Waals surface area contributed by atoms with E-state index in [9.17, 15) is 14.4 Å². The Labute approximate surface area is 185 Å². The van der Waals surface area contributed by atoms with Crippen LogP contribution in [0.4, 0.5) is 10.5 Å². The maximum atomic E-state index is 12.1. The number of alkyl carbamates (subject to hydrolysis) is 1. The number of carbonyl (C=O) groups excluding carboxylic acids is 3. The molecule has 0 aliphatic heterocycles. The minimum Gasteiger partial charge on any atom is -0.444 e. The van der Waals surface area contributed by atoms with Crippen LogP contribution in [0.2, 0.25) is 0 Å². The molecule has 3 N–H and O–H groups in total. The van der Waals surface area contributed by atoms with Crippen molar-refractivity contribution in [2.24, 2.45) is 5.92 Å². The molecule has 1 aromatic carbocycles. The van der Waals surface area contributed by atoms with Crippen molar-refractivity contribution >= 4 is 23.6 Å². The topological polar surface area (TPSA) is 96.5 Å². The normalized spacial score (nSPS) is 14.8. The molecule has 7 heteroatoms. The maximum absolute atomic E-state index is 12.1. The van der Waals surface area contributed by atoms with Crippen LogP contribution in [-0.4, -0.2) is 30.1 Å². The molecule has 0 atom stereocenters. The van der Waals surface area contributed by atoms with E-state index in [0.717, 1.165) is 11.1 Å². The first-order chi connectivity index (χ1) is 14.6. The lowest BCUT2D eigenvalue weighted by Crippen LogP contribution is -2.34. The van der Waals surface area contributed by atoms with Gasteiger partial charge in [0.15, 0.2) is 0 Å². The average Bonchev–Trinajstić information content (AvgIpc) is 3.21. The number of hydrogen-bond acceptors (Lipinski definition) is 4. The molecule has 0 heterocycles. The summed E-state index contributed by atoms with van der Waals surface area (Å²) in [7, 11) is 0. The largest absolute Gasteiger partial charge is 0.444 e. The van der Waals surface area contributed by atoms with Crippen LogP contribution in [-0.2, 0) is 20.9 Å². The van der Waals surface area contributed by atoms with Gasteiger partial charge in [0.2, 0.25) is 11.8 Å². The highest BCUT2D eigenvalue weighted by Gasteiger charge is 2.17. The molecule has 1 aliphatic rings. The number of anilines is 1. The monoisotopic (exact) mass is 429 g/mol. The van der Waals surface area contributed by atoms with Crippen molar-refractivity contribution in [2.45, 2.75) is 71.9 Å². The molecule has 0 aromatic heterocycles. The van der Waals surface area contributed by atoms with Crippen molar-refractivity contribution in [3.8, 4) is 0 Å². The van der Waals surface area contributed by atoms with Gasteiger partial charge in [0.25, 0.3) is 0 Å². The van der Waals surface area contributed by atoms with E-state index in [1.54, 1.807) is 39.0 Å². The molecule has 0 saturated heterocycles. The van der Waals surface area contributed by atoms with Crippen LogP contribution in [0.5, 0.6) is 0 Å². The Hall–Kier alpha value is -2.83. The number of allylic oxidation sites excluding steroid dienone is 1. The average molecular weight is 430 g/mol. The van der Waals surface area contributed by atoms with Gasteiger partial charge in [-0.05, 0) is 64.2 Å². The fourth-order valence-electron chi connectivity index (χ4n) is 3.47. The molecule has 0 radical (unpaired) electrons. The van der Waals surface area contributed by atoms with Crippen LogP contribution in [0, 0.1) is 5.92 Å². The Morgan fingerprint density at radius 2 is 1.71 bits per heavy atom. The lowest BCUT2D eigenvalue weighted by atomic mass is 9.99. The summed E-state index contributed by atoms with van der Waals surface area (Å²) in [6.45, 7) is 8.00. The highest BCUT2D eigenvalue weighted by molar-refractivity contribution is 5.91. The minimum atomic E-state index is -0.571. The molecular weight excluding hydrogens is 394 g/mol. The standard InChI is InChI=1S/C24H35N3O4/c1-17(19-7-5-6-8-19)15-22(29)26-16-18-9-11-20(12-10-18)27-21(28)13-14-25-23(30)31-24(2,3)4/h9-12,15,19H,5-8,13-14,16H2,1-4H3,(H,25,30)(H,26,29)(H,27,28)/b17-15+. The number of benzene rings is 1. The van der Waals surface area contributed by atoms with E-state index >= 15 is 0 Å². The molecule has 31 heavy (non-hydrogen) atoms. The molecule has 3 amide bonds. The van der Waals surface area contributed by atoms with Crippen molar-refractivity contribution in [3.63, 3.8) is 0 Å². The van der Waals surface area contributed by atoms with Crippen molar-refractivity contribution < 1.29 is 19.1 Å². The summed E-state index contributed by atoms with van der Waals surface area (Å²) >= 11 is 0. The van der Waals surface area contributed by atoms with E-state index in [1.807, 2.05) is 19.1 Å². The van der Waals surface area contributed by atoms with E-state index in [0.29, 0.717) is 18.2 Å². The molecule has 1 fully saturated rings. The second-order valence-electron chi connectivity index (χ2n) is 9.01. The third-order valence-electron chi connectivity index (χ3n) is 5.08. The highest BCUT2D eigenvalue weighted by atomic mass is 16.6. The number of hydrogen-bond donors (Lipinski definition) is 3. The van der Waals surface area contributed by atoms with Gasteiger partial charge in [-0.15, -0.1) is 0 Å². The number of nitrogens with one attached hydrogen (secondary N) is 3. The zero-order valence-electron chi connectivity index (χ0n) is 19.0. The summed E-state index contributed by atoms with van der Waals surface area (Å²) in [6.07, 6.45) is 6.18. The van der Waals surface area contributed by atoms with Crippen molar-refractivity contribution in [3.05, 3.63) is 41.5 Å². The molecule has 1 aromatic rings. The molecule has 0 unspecified atom stereocenters. The molecule has 2 rings (SSSR count). The Kier molecular flexibility index (Phi) is 9.09. The zero-order chi connectivity index (χ0) is 22.9. The first kappa shape index (κ1) is 24.4. The molecule has 170 valence electrons. The second kappa shape index (κ2) is 11.5. The van der Waals surface area contributed by atoms with Gasteiger partial charge in [0.1, 0.15) is 5.60 Å². The number of amides is 3. The van der Waals surface area contributed by atoms with Gasteiger partial charge in [0, 0.05) is 31.3 Å². The zero-order valence-corrected chi connectivity index (χ0v) is 19.0. The summed E-state index contributed by atoms with van der Waals surface area (Å²) in [5, 5.41) is 8.26. The van der Waals surface area contributed by atoms with E-state index in [-0.39, 0.29) is 24.8 Å². The maximum Gasteiger partial charge on any atom is 0.407 e. The molecule has 1 aliphatic carbocycles. The quantitative estimate of drug-likeness (QED) is 0.537. The van der Waals surface area contributed by atoms with Crippen LogP contribution in [0.1, 0.15) is 65.4 Å². The summed E-state index contributed by atoms with van der Waals surface area (Å²) in [5.41, 5.74) is 2.20. The van der Waals surface area contributed by atoms with E-state index in [2.05, 4.69) is 16.0 Å². The molecule has 1 saturated carbocycles. The van der Waals surface area contributed by atoms with Crippen molar-refractivity contribution in [2.75, 3.05) is 11.9 Å². The Balaban J connectivity index is 1.70. The Bertz CT molecular complexity index is 788. The smallest absolute Gasteiger partial charge is 0.407 e. The number of ether oxygens (including phenoxy) is 1. The van der Waals surface area contributed by atoms with Gasteiger partial charge in [-0.2, -0.15) is 0 Å². The lowest BCUT2D eigenvalue weighted by Gasteiger charge is -2.19. The van der Waals surface area contributed by atoms with Gasteiger partial charge >= 0.3 is 6.09 Å². The lowest BCUT2D eigenvalue weighted by molar-refractivity contribution is -0.117. The van der Waals surface area contributed by atoms with E-state index in [4.69, 9.17) is 4.74 Å². The Morgan fingerprint density at radius 3 is 2.32 bits per heavy atom. The highest BCUT2D eigenvalue weighted by Crippen LogP contribution is 2.30. The van der Waals surface area contributed by atoms with Crippen LogP contribution in [0.25, 0.3) is 0 Å². The summed E-state index contributed by atoms with van der Waals surface area (Å²) < 4.78 is 5.12. The summed E-state index contributed by atoms with van der Waals surface area (Å²) in [4.78, 5) is 35.7. The van der Waals surface area contributed by atoms with E-state index in [1.165, 1.54) is 25.7 Å². The molecular formula is C24H35N3O4. The summed E-state index contributed by atoms with van der Waals surface area (Å²) in [5.74, 6) is 0.275. The molecule has 7 nitrogen and oxygen atoms in total. The fraction of sp³-hybridized carbons (Fsp3) is 0.542. The van der Waals surface area contributed by atoms with Gasteiger partial charge in [-0.1, -0.05) is 30.5 Å². The minimum absolute atomic E-state index is 0.0701. The Morgan fingerprint density at radius 1 is 1.06 bits per heavy atom. The molecule has 0 bridgehead atoms. The SMILES string of the molecule is C/C(=C\C(=O)NCc1ccc(NC(=O)CCNC(=O)OC(C)(C)C)cc1)C1CCCC1. The van der Waals surface area contributed by atoms with Crippen LogP contribution < -0.4 is 16.0 Å².